The van der Waals surface area contributed by atoms with Crippen LogP contribution in [-0.2, 0) is 14.8 Å². The van der Waals surface area contributed by atoms with Gasteiger partial charge in [0.1, 0.15) is 5.82 Å². The van der Waals surface area contributed by atoms with Gasteiger partial charge in [0.15, 0.2) is 0 Å². The molecule has 3 rings (SSSR count). The Morgan fingerprint density at radius 1 is 1.13 bits per heavy atom. The van der Waals surface area contributed by atoms with Crippen molar-refractivity contribution in [2.24, 2.45) is 5.92 Å². The van der Waals surface area contributed by atoms with Gasteiger partial charge in [-0.2, -0.15) is 4.31 Å². The van der Waals surface area contributed by atoms with Gasteiger partial charge in [-0.3, -0.25) is 4.79 Å². The van der Waals surface area contributed by atoms with Crippen LogP contribution in [-0.4, -0.2) is 63.1 Å². The number of sulfonamides is 1. The van der Waals surface area contributed by atoms with E-state index < -0.39 is 10.0 Å². The predicted molar refractivity (Wildman–Crippen MR) is 122 cm³/mol. The second kappa shape index (κ2) is 8.91. The number of anilines is 2. The molecule has 2 heterocycles. The van der Waals surface area contributed by atoms with E-state index in [1.54, 1.807) is 18.1 Å². The third-order valence-corrected chi connectivity index (χ3v) is 6.88. The molecule has 0 N–H and O–H groups in total. The first kappa shape index (κ1) is 22.5. The lowest BCUT2D eigenvalue weighted by molar-refractivity contribution is -0.121. The number of pyridine rings is 1. The zero-order chi connectivity index (χ0) is 22.1. The second-order valence-electron chi connectivity index (χ2n) is 7.74. The highest BCUT2D eigenvalue weighted by atomic mass is 35.5. The third kappa shape index (κ3) is 4.77. The van der Waals surface area contributed by atoms with E-state index in [0.717, 1.165) is 16.9 Å². The van der Waals surface area contributed by atoms with Crippen molar-refractivity contribution in [1.82, 2.24) is 9.29 Å². The normalized spacial score (nSPS) is 15.5. The summed E-state index contributed by atoms with van der Waals surface area (Å²) in [6.07, 6.45) is 2.92. The Balaban J connectivity index is 2.00. The van der Waals surface area contributed by atoms with Crippen LogP contribution in [0.25, 0.3) is 11.1 Å². The van der Waals surface area contributed by atoms with Gasteiger partial charge < -0.3 is 9.80 Å². The maximum atomic E-state index is 12.6. The number of halogens is 1. The molecule has 0 atom stereocenters. The van der Waals surface area contributed by atoms with Gasteiger partial charge in [0.25, 0.3) is 0 Å². The third-order valence-electron chi connectivity index (χ3n) is 5.25. The number of benzene rings is 1. The molecular formula is C21H27ClN4O3S. The summed E-state index contributed by atoms with van der Waals surface area (Å²) in [6.45, 7) is 5.63. The summed E-state index contributed by atoms with van der Waals surface area (Å²) in [6, 6.07) is 9.42. The highest BCUT2D eigenvalue weighted by molar-refractivity contribution is 7.88. The Morgan fingerprint density at radius 2 is 1.77 bits per heavy atom. The molecule has 9 heteroatoms. The average Bonchev–Trinajstić information content (AvgIpc) is 2.72. The summed E-state index contributed by atoms with van der Waals surface area (Å²) in [5, 5.41) is 0.586. The van der Waals surface area contributed by atoms with Gasteiger partial charge in [0.05, 0.1) is 18.1 Å². The van der Waals surface area contributed by atoms with Gasteiger partial charge in [-0.1, -0.05) is 43.6 Å². The van der Waals surface area contributed by atoms with Crippen LogP contribution in [0.5, 0.6) is 0 Å². The lowest BCUT2D eigenvalue weighted by atomic mass is 10.0. The SMILES string of the molecule is CC(C)C(=O)N(C)c1cnc(N2CCN(S(C)(=O)=O)CC2)cc1-c1ccccc1Cl. The summed E-state index contributed by atoms with van der Waals surface area (Å²) in [4.78, 5) is 20.9. The molecule has 0 radical (unpaired) electrons. The number of hydrogen-bond acceptors (Lipinski definition) is 5. The zero-order valence-electron chi connectivity index (χ0n) is 17.7. The molecular weight excluding hydrogens is 424 g/mol. The first-order valence-corrected chi connectivity index (χ1v) is 12.0. The van der Waals surface area contributed by atoms with Gasteiger partial charge in [0.2, 0.25) is 15.9 Å². The highest BCUT2D eigenvalue weighted by Crippen LogP contribution is 2.37. The van der Waals surface area contributed by atoms with E-state index in [9.17, 15) is 13.2 Å². The molecule has 162 valence electrons. The summed E-state index contributed by atoms with van der Waals surface area (Å²) in [7, 11) is -1.46. The van der Waals surface area contributed by atoms with E-state index in [2.05, 4.69) is 9.88 Å². The summed E-state index contributed by atoms with van der Waals surface area (Å²) in [5.74, 6) is 0.560. The Kier molecular flexibility index (Phi) is 6.69. The standard InChI is InChI=1S/C21H27ClN4O3S/c1-15(2)21(27)24(3)19-14-23-20(13-17(19)16-7-5-6-8-18(16)22)25-9-11-26(12-10-25)30(4,28)29/h5-8,13-15H,9-12H2,1-4H3. The fourth-order valence-corrected chi connectivity index (χ4v) is 4.59. The van der Waals surface area contributed by atoms with Crippen molar-refractivity contribution < 1.29 is 13.2 Å². The Bertz CT molecular complexity index is 1030. The number of aromatic nitrogens is 1. The van der Waals surface area contributed by atoms with Gasteiger partial charge in [-0.05, 0) is 12.1 Å². The second-order valence-corrected chi connectivity index (χ2v) is 10.1. The molecule has 1 aliphatic rings. The van der Waals surface area contributed by atoms with Crippen LogP contribution in [0.4, 0.5) is 11.5 Å². The lowest BCUT2D eigenvalue weighted by Gasteiger charge is -2.34. The Labute approximate surface area is 183 Å². The van der Waals surface area contributed by atoms with Crippen LogP contribution >= 0.6 is 11.6 Å². The fraction of sp³-hybridized carbons (Fsp3) is 0.429. The number of carbonyl (C=O) groups is 1. The van der Waals surface area contributed by atoms with Gasteiger partial charge in [0, 0.05) is 55.3 Å². The van der Waals surface area contributed by atoms with Crippen LogP contribution in [0.2, 0.25) is 5.02 Å². The maximum Gasteiger partial charge on any atom is 0.229 e. The maximum absolute atomic E-state index is 12.6. The van der Waals surface area contributed by atoms with Crippen molar-refractivity contribution in [1.29, 1.82) is 0 Å². The minimum Gasteiger partial charge on any atom is -0.354 e. The highest BCUT2D eigenvalue weighted by Gasteiger charge is 2.26. The molecule has 1 saturated heterocycles. The van der Waals surface area contributed by atoms with Crippen molar-refractivity contribution in [3.63, 3.8) is 0 Å². The molecule has 0 spiro atoms. The largest absolute Gasteiger partial charge is 0.354 e. The summed E-state index contributed by atoms with van der Waals surface area (Å²) in [5.41, 5.74) is 2.31. The zero-order valence-corrected chi connectivity index (χ0v) is 19.2. The lowest BCUT2D eigenvalue weighted by Crippen LogP contribution is -2.48. The van der Waals surface area contributed by atoms with E-state index >= 15 is 0 Å². The molecule has 1 amide bonds. The van der Waals surface area contributed by atoms with Crippen molar-refractivity contribution >= 4 is 39.0 Å². The van der Waals surface area contributed by atoms with Crippen molar-refractivity contribution in [3.8, 4) is 11.1 Å². The van der Waals surface area contributed by atoms with Gasteiger partial charge >= 0.3 is 0 Å². The Morgan fingerprint density at radius 3 is 2.33 bits per heavy atom. The molecule has 1 fully saturated rings. The molecule has 0 bridgehead atoms. The monoisotopic (exact) mass is 450 g/mol. The summed E-state index contributed by atoms with van der Waals surface area (Å²) < 4.78 is 25.0. The fourth-order valence-electron chi connectivity index (χ4n) is 3.53. The molecule has 0 unspecified atom stereocenters. The number of piperazine rings is 1. The molecule has 30 heavy (non-hydrogen) atoms. The molecule has 0 aliphatic carbocycles. The Hall–Kier alpha value is -2.16. The van der Waals surface area contributed by atoms with E-state index in [-0.39, 0.29) is 11.8 Å². The van der Waals surface area contributed by atoms with E-state index in [1.165, 1.54) is 10.6 Å². The molecule has 1 aromatic heterocycles. The molecule has 7 nitrogen and oxygen atoms in total. The predicted octanol–water partition coefficient (Wildman–Crippen LogP) is 3.10. The molecule has 1 aromatic carbocycles. The van der Waals surface area contributed by atoms with Crippen LogP contribution in [0, 0.1) is 5.92 Å². The van der Waals surface area contributed by atoms with Crippen LogP contribution < -0.4 is 9.80 Å². The minimum atomic E-state index is -3.20. The van der Waals surface area contributed by atoms with Gasteiger partial charge in [-0.25, -0.2) is 13.4 Å². The molecule has 1 aliphatic heterocycles. The number of nitrogens with zero attached hydrogens (tertiary/aromatic N) is 4. The quantitative estimate of drug-likeness (QED) is 0.699. The topological polar surface area (TPSA) is 73.8 Å². The first-order valence-electron chi connectivity index (χ1n) is 9.82. The summed E-state index contributed by atoms with van der Waals surface area (Å²) >= 11 is 6.47. The van der Waals surface area contributed by atoms with Crippen LogP contribution in [0.15, 0.2) is 36.5 Å². The van der Waals surface area contributed by atoms with E-state index in [0.29, 0.717) is 36.9 Å². The average molecular weight is 451 g/mol. The van der Waals surface area contributed by atoms with Crippen LogP contribution in [0.3, 0.4) is 0 Å². The smallest absolute Gasteiger partial charge is 0.229 e. The number of carbonyl (C=O) groups excluding carboxylic acids is 1. The first-order chi connectivity index (χ1) is 14.1. The molecule has 0 saturated carbocycles. The van der Waals surface area contributed by atoms with Crippen molar-refractivity contribution in [2.45, 2.75) is 13.8 Å². The minimum absolute atomic E-state index is 0.0142. The number of hydrogen-bond donors (Lipinski definition) is 0. The van der Waals surface area contributed by atoms with Crippen molar-refractivity contribution in [3.05, 3.63) is 41.6 Å². The van der Waals surface area contributed by atoms with Crippen molar-refractivity contribution in [2.75, 3.05) is 49.3 Å². The van der Waals surface area contributed by atoms with E-state index in [4.69, 9.17) is 11.6 Å². The van der Waals surface area contributed by atoms with Gasteiger partial charge in [-0.15, -0.1) is 0 Å². The van der Waals surface area contributed by atoms with E-state index in [1.807, 2.05) is 44.2 Å². The number of amides is 1. The number of rotatable bonds is 5. The molecule has 2 aromatic rings. The van der Waals surface area contributed by atoms with Crippen LogP contribution in [0.1, 0.15) is 13.8 Å².